The summed E-state index contributed by atoms with van der Waals surface area (Å²) in [6.45, 7) is 1.75. The summed E-state index contributed by atoms with van der Waals surface area (Å²) in [7, 11) is 0. The van der Waals surface area contributed by atoms with E-state index in [4.69, 9.17) is 0 Å². The molecule has 0 aliphatic carbocycles. The quantitative estimate of drug-likeness (QED) is 0.711. The summed E-state index contributed by atoms with van der Waals surface area (Å²) in [5.74, 6) is -2.41. The zero-order valence-electron chi connectivity index (χ0n) is 10.2. The first-order valence-electron chi connectivity index (χ1n) is 5.78. The largest absolute Gasteiger partial charge is 0.207 e. The van der Waals surface area contributed by atoms with Gasteiger partial charge in [0.2, 0.25) is 0 Å². The van der Waals surface area contributed by atoms with E-state index in [1.807, 2.05) is 0 Å². The molecule has 1 radical (unpaired) electrons. The van der Waals surface area contributed by atoms with E-state index in [1.165, 1.54) is 0 Å². The molecule has 0 nitrogen and oxygen atoms in total. The number of rotatable bonds is 3. The predicted octanol–water partition coefficient (Wildman–Crippen LogP) is 4.62. The van der Waals surface area contributed by atoms with Crippen LogP contribution in [-0.4, -0.2) is 0 Å². The fourth-order valence-corrected chi connectivity index (χ4v) is 2.03. The number of halogens is 4. The second-order valence-electron chi connectivity index (χ2n) is 4.15. The van der Waals surface area contributed by atoms with Gasteiger partial charge in [-0.25, -0.2) is 17.6 Å². The van der Waals surface area contributed by atoms with E-state index in [0.717, 1.165) is 36.4 Å². The van der Waals surface area contributed by atoms with Gasteiger partial charge in [0.05, 0.1) is 0 Å². The molecule has 0 amide bonds. The molecule has 0 aliphatic rings. The molecule has 0 unspecified atom stereocenters. The van der Waals surface area contributed by atoms with Crippen molar-refractivity contribution in [3.63, 3.8) is 0 Å². The first-order chi connectivity index (χ1) is 8.99. The summed E-state index contributed by atoms with van der Waals surface area (Å²) in [4.78, 5) is 0. The van der Waals surface area contributed by atoms with Crippen LogP contribution in [0, 0.1) is 29.2 Å². The predicted molar refractivity (Wildman–Crippen MR) is 64.5 cm³/mol. The second-order valence-corrected chi connectivity index (χ2v) is 4.15. The Bertz CT molecular complexity index is 501. The van der Waals surface area contributed by atoms with Crippen molar-refractivity contribution in [1.29, 1.82) is 0 Å². The Morgan fingerprint density at radius 2 is 1.00 bits per heavy atom. The van der Waals surface area contributed by atoms with Gasteiger partial charge in [-0.3, -0.25) is 0 Å². The van der Waals surface area contributed by atoms with E-state index >= 15 is 0 Å². The molecule has 0 atom stereocenters. The first kappa shape index (κ1) is 13.6. The summed E-state index contributed by atoms with van der Waals surface area (Å²) in [6.07, 6.45) is 0.395. The minimum atomic E-state index is -0.724. The van der Waals surface area contributed by atoms with Gasteiger partial charge in [-0.05, 0) is 41.8 Å². The van der Waals surface area contributed by atoms with Crippen molar-refractivity contribution < 1.29 is 17.6 Å². The van der Waals surface area contributed by atoms with Crippen LogP contribution >= 0.6 is 0 Å². The van der Waals surface area contributed by atoms with Crippen molar-refractivity contribution >= 4 is 0 Å². The second kappa shape index (κ2) is 5.43. The van der Waals surface area contributed by atoms with Crippen molar-refractivity contribution in [2.45, 2.75) is 13.3 Å². The van der Waals surface area contributed by atoms with Crippen LogP contribution in [0.5, 0.6) is 0 Å². The number of hydrogen-bond donors (Lipinski definition) is 0. The Kier molecular flexibility index (Phi) is 3.88. The van der Waals surface area contributed by atoms with Gasteiger partial charge in [-0.15, -0.1) is 0 Å². The van der Waals surface area contributed by atoms with Crippen LogP contribution in [0.25, 0.3) is 0 Å². The Morgan fingerprint density at radius 1 is 0.684 bits per heavy atom. The van der Waals surface area contributed by atoms with Gasteiger partial charge in [0.25, 0.3) is 0 Å². The van der Waals surface area contributed by atoms with Crippen molar-refractivity contribution in [2.24, 2.45) is 0 Å². The minimum Gasteiger partial charge on any atom is -0.207 e. The molecule has 0 saturated carbocycles. The lowest BCUT2D eigenvalue weighted by Crippen LogP contribution is -2.03. The highest BCUT2D eigenvalue weighted by atomic mass is 19.1. The number of hydrogen-bond acceptors (Lipinski definition) is 0. The van der Waals surface area contributed by atoms with Gasteiger partial charge in [0.15, 0.2) is 0 Å². The van der Waals surface area contributed by atoms with Crippen LogP contribution in [0.4, 0.5) is 17.6 Å². The monoisotopic (exact) mass is 267 g/mol. The van der Waals surface area contributed by atoms with E-state index in [-0.39, 0.29) is 11.1 Å². The van der Waals surface area contributed by atoms with E-state index in [1.54, 1.807) is 6.92 Å². The average Bonchev–Trinajstić information content (AvgIpc) is 2.27. The molecule has 0 aliphatic heterocycles. The Labute approximate surface area is 108 Å². The maximum atomic E-state index is 13.2. The molecule has 2 rings (SSSR count). The lowest BCUT2D eigenvalue weighted by atomic mass is 9.89. The topological polar surface area (TPSA) is 0 Å². The van der Waals surface area contributed by atoms with Crippen LogP contribution in [0.1, 0.15) is 24.5 Å². The molecule has 0 N–H and O–H groups in total. The highest BCUT2D eigenvalue weighted by Gasteiger charge is 2.16. The fraction of sp³-hybridized carbons (Fsp3) is 0.133. The highest BCUT2D eigenvalue weighted by molar-refractivity contribution is 5.45. The van der Waals surface area contributed by atoms with Crippen LogP contribution in [-0.2, 0) is 0 Å². The maximum absolute atomic E-state index is 13.2. The molecule has 0 heterocycles. The molecule has 2 aromatic rings. The van der Waals surface area contributed by atoms with Crippen LogP contribution < -0.4 is 0 Å². The van der Waals surface area contributed by atoms with Crippen LogP contribution in [0.15, 0.2) is 36.4 Å². The summed E-state index contributed by atoms with van der Waals surface area (Å²) < 4.78 is 52.8. The first-order valence-corrected chi connectivity index (χ1v) is 5.78. The van der Waals surface area contributed by atoms with Crippen LogP contribution in [0.3, 0.4) is 0 Å². The van der Waals surface area contributed by atoms with E-state index in [2.05, 4.69) is 0 Å². The lowest BCUT2D eigenvalue weighted by molar-refractivity contribution is 0.578. The van der Waals surface area contributed by atoms with Crippen molar-refractivity contribution in [3.8, 4) is 0 Å². The fourth-order valence-electron chi connectivity index (χ4n) is 2.03. The Morgan fingerprint density at radius 3 is 1.26 bits per heavy atom. The molecule has 0 saturated heterocycles. The summed E-state index contributed by atoms with van der Waals surface area (Å²) in [5.41, 5.74) is 0.565. The van der Waals surface area contributed by atoms with Crippen molar-refractivity contribution in [3.05, 3.63) is 76.7 Å². The molecule has 0 bridgehead atoms. The smallest absolute Gasteiger partial charge is 0.126 e. The molecular formula is C15H11F4. The van der Waals surface area contributed by atoms with E-state index in [9.17, 15) is 17.6 Å². The summed E-state index contributed by atoms with van der Waals surface area (Å²) in [5, 5.41) is 0. The molecule has 2 aromatic carbocycles. The molecule has 0 aromatic heterocycles. The Balaban J connectivity index is 2.49. The zero-order valence-corrected chi connectivity index (χ0v) is 10.2. The molecule has 19 heavy (non-hydrogen) atoms. The summed E-state index contributed by atoms with van der Waals surface area (Å²) >= 11 is 0. The van der Waals surface area contributed by atoms with Crippen LogP contribution in [0.2, 0.25) is 0 Å². The zero-order chi connectivity index (χ0) is 14.0. The van der Waals surface area contributed by atoms with Gasteiger partial charge in [0.1, 0.15) is 23.3 Å². The van der Waals surface area contributed by atoms with Gasteiger partial charge in [-0.1, -0.05) is 6.92 Å². The Hall–Kier alpha value is -1.84. The molecule has 99 valence electrons. The standard InChI is InChI=1S/C15H11F4/c1-2-15(9-3-11(16)7-12(17)4-9)10-5-13(18)8-14(19)6-10/h3-8H,2H2,1H3. The van der Waals surface area contributed by atoms with Gasteiger partial charge in [0, 0.05) is 18.1 Å². The SMILES string of the molecule is CC[C](c1cc(F)cc(F)c1)c1cc(F)cc(F)c1. The van der Waals surface area contributed by atoms with E-state index in [0.29, 0.717) is 12.3 Å². The number of benzene rings is 2. The van der Waals surface area contributed by atoms with Gasteiger partial charge in [-0.2, -0.15) is 0 Å². The van der Waals surface area contributed by atoms with Crippen molar-refractivity contribution in [1.82, 2.24) is 0 Å². The molecule has 0 spiro atoms. The third-order valence-corrected chi connectivity index (χ3v) is 2.78. The lowest BCUT2D eigenvalue weighted by Gasteiger charge is -2.15. The van der Waals surface area contributed by atoms with Crippen molar-refractivity contribution in [2.75, 3.05) is 0 Å². The van der Waals surface area contributed by atoms with Gasteiger partial charge >= 0.3 is 0 Å². The summed E-state index contributed by atoms with van der Waals surface area (Å²) in [6, 6.07) is 6.08. The molecule has 4 heteroatoms. The molecule has 0 fully saturated rings. The average molecular weight is 267 g/mol. The van der Waals surface area contributed by atoms with Gasteiger partial charge < -0.3 is 0 Å². The van der Waals surface area contributed by atoms with E-state index < -0.39 is 23.3 Å². The third-order valence-electron chi connectivity index (χ3n) is 2.78. The third kappa shape index (κ3) is 3.13. The highest BCUT2D eigenvalue weighted by Crippen LogP contribution is 2.29. The molecular weight excluding hydrogens is 256 g/mol. The minimum absolute atomic E-state index is 0.282. The maximum Gasteiger partial charge on any atom is 0.126 e. The normalized spacial score (nSPS) is 11.1.